The molecule has 2 heteroatoms. The van der Waals surface area contributed by atoms with Crippen LogP contribution in [-0.2, 0) is 6.42 Å². The molecule has 2 nitrogen and oxygen atoms in total. The Balaban J connectivity index is 1.95. The fourth-order valence-corrected chi connectivity index (χ4v) is 2.75. The maximum atomic E-state index is 5.68. The van der Waals surface area contributed by atoms with Gasteiger partial charge in [-0.15, -0.1) is 0 Å². The maximum absolute atomic E-state index is 5.68. The molecule has 1 unspecified atom stereocenters. The Morgan fingerprint density at radius 1 is 1.22 bits per heavy atom. The molecule has 0 spiro atoms. The van der Waals surface area contributed by atoms with Crippen LogP contribution in [0, 0.1) is 5.92 Å². The van der Waals surface area contributed by atoms with Gasteiger partial charge in [-0.2, -0.15) is 0 Å². The van der Waals surface area contributed by atoms with E-state index in [1.807, 2.05) is 0 Å². The average Bonchev–Trinajstić information content (AvgIpc) is 2.40. The van der Waals surface area contributed by atoms with Crippen molar-refractivity contribution in [3.63, 3.8) is 0 Å². The minimum absolute atomic E-state index is 0.583. The van der Waals surface area contributed by atoms with Gasteiger partial charge in [-0.1, -0.05) is 31.2 Å². The molecule has 0 saturated carbocycles. The summed E-state index contributed by atoms with van der Waals surface area (Å²) in [4.78, 5) is 2.42. The second kappa shape index (κ2) is 6.35. The van der Waals surface area contributed by atoms with Crippen LogP contribution < -0.4 is 5.73 Å². The lowest BCUT2D eigenvalue weighted by Gasteiger charge is -2.29. The molecule has 1 saturated heterocycles. The van der Waals surface area contributed by atoms with E-state index in [4.69, 9.17) is 5.73 Å². The lowest BCUT2D eigenvalue weighted by Crippen LogP contribution is -2.29. The SMILES string of the molecule is CC(CN)Cc1ccc(C2CCN(C)CC2)cc1. The number of hydrogen-bond acceptors (Lipinski definition) is 2. The van der Waals surface area contributed by atoms with Gasteiger partial charge in [-0.05, 0) is 68.9 Å². The molecule has 1 aromatic rings. The minimum atomic E-state index is 0.583. The molecule has 1 heterocycles. The first-order chi connectivity index (χ1) is 8.69. The Morgan fingerprint density at radius 2 is 1.83 bits per heavy atom. The topological polar surface area (TPSA) is 29.3 Å². The van der Waals surface area contributed by atoms with Gasteiger partial charge >= 0.3 is 0 Å². The highest BCUT2D eigenvalue weighted by Crippen LogP contribution is 2.27. The largest absolute Gasteiger partial charge is 0.330 e. The van der Waals surface area contributed by atoms with Gasteiger partial charge in [0.15, 0.2) is 0 Å². The normalized spacial score (nSPS) is 19.9. The second-order valence-electron chi connectivity index (χ2n) is 5.86. The molecule has 2 rings (SSSR count). The first-order valence-electron chi connectivity index (χ1n) is 7.16. The highest BCUT2D eigenvalue weighted by Gasteiger charge is 2.18. The van der Waals surface area contributed by atoms with Crippen molar-refractivity contribution in [1.29, 1.82) is 0 Å². The first kappa shape index (κ1) is 13.6. The zero-order chi connectivity index (χ0) is 13.0. The van der Waals surface area contributed by atoms with Gasteiger partial charge in [-0.3, -0.25) is 0 Å². The van der Waals surface area contributed by atoms with Crippen LogP contribution in [0.25, 0.3) is 0 Å². The molecule has 0 aliphatic carbocycles. The van der Waals surface area contributed by atoms with E-state index in [2.05, 4.69) is 43.1 Å². The zero-order valence-electron chi connectivity index (χ0n) is 11.7. The molecule has 1 aromatic carbocycles. The van der Waals surface area contributed by atoms with E-state index < -0.39 is 0 Å². The molecule has 2 N–H and O–H groups in total. The Bertz CT molecular complexity index is 350. The minimum Gasteiger partial charge on any atom is -0.330 e. The van der Waals surface area contributed by atoms with Crippen molar-refractivity contribution in [3.8, 4) is 0 Å². The van der Waals surface area contributed by atoms with Crippen molar-refractivity contribution in [3.05, 3.63) is 35.4 Å². The first-order valence-corrected chi connectivity index (χ1v) is 7.16. The Kier molecular flexibility index (Phi) is 4.79. The number of rotatable bonds is 4. The fourth-order valence-electron chi connectivity index (χ4n) is 2.75. The molecule has 0 amide bonds. The van der Waals surface area contributed by atoms with Crippen LogP contribution in [0.2, 0.25) is 0 Å². The molecule has 18 heavy (non-hydrogen) atoms. The summed E-state index contributed by atoms with van der Waals surface area (Å²) in [5.74, 6) is 1.35. The zero-order valence-corrected chi connectivity index (χ0v) is 11.7. The summed E-state index contributed by atoms with van der Waals surface area (Å²) in [6.07, 6.45) is 3.70. The number of benzene rings is 1. The van der Waals surface area contributed by atoms with Crippen molar-refractivity contribution < 1.29 is 0 Å². The van der Waals surface area contributed by atoms with Crippen LogP contribution >= 0.6 is 0 Å². The molecule has 0 radical (unpaired) electrons. The molecule has 1 aliphatic rings. The summed E-state index contributed by atoms with van der Waals surface area (Å²) < 4.78 is 0. The van der Waals surface area contributed by atoms with Crippen molar-refractivity contribution in [2.75, 3.05) is 26.7 Å². The lowest BCUT2D eigenvalue weighted by atomic mass is 9.88. The van der Waals surface area contributed by atoms with Crippen LogP contribution in [0.3, 0.4) is 0 Å². The number of likely N-dealkylation sites (tertiary alicyclic amines) is 1. The van der Waals surface area contributed by atoms with E-state index in [0.29, 0.717) is 5.92 Å². The van der Waals surface area contributed by atoms with Gasteiger partial charge < -0.3 is 10.6 Å². The van der Waals surface area contributed by atoms with E-state index in [1.165, 1.54) is 37.1 Å². The van der Waals surface area contributed by atoms with Crippen LogP contribution in [-0.4, -0.2) is 31.6 Å². The Hall–Kier alpha value is -0.860. The number of nitrogens with two attached hydrogens (primary N) is 1. The van der Waals surface area contributed by atoms with Crippen LogP contribution in [0.15, 0.2) is 24.3 Å². The summed E-state index contributed by atoms with van der Waals surface area (Å²) in [6.45, 7) is 5.45. The van der Waals surface area contributed by atoms with Gasteiger partial charge in [0.1, 0.15) is 0 Å². The fraction of sp³-hybridized carbons (Fsp3) is 0.625. The maximum Gasteiger partial charge on any atom is -0.00159 e. The Morgan fingerprint density at radius 3 is 2.39 bits per heavy atom. The van der Waals surface area contributed by atoms with Crippen molar-refractivity contribution in [2.24, 2.45) is 11.7 Å². The van der Waals surface area contributed by atoms with Gasteiger partial charge in [-0.25, -0.2) is 0 Å². The molecular weight excluding hydrogens is 220 g/mol. The third-order valence-corrected chi connectivity index (χ3v) is 4.16. The number of piperidine rings is 1. The van der Waals surface area contributed by atoms with Crippen molar-refractivity contribution in [2.45, 2.75) is 32.1 Å². The summed E-state index contributed by atoms with van der Waals surface area (Å²) in [5.41, 5.74) is 8.62. The quantitative estimate of drug-likeness (QED) is 0.885. The summed E-state index contributed by atoms with van der Waals surface area (Å²) in [5, 5.41) is 0. The summed E-state index contributed by atoms with van der Waals surface area (Å²) in [7, 11) is 2.22. The summed E-state index contributed by atoms with van der Waals surface area (Å²) in [6, 6.07) is 9.24. The van der Waals surface area contributed by atoms with Gasteiger partial charge in [0, 0.05) is 0 Å². The molecule has 1 fully saturated rings. The second-order valence-corrected chi connectivity index (χ2v) is 5.86. The Labute approximate surface area is 111 Å². The molecule has 0 bridgehead atoms. The van der Waals surface area contributed by atoms with Crippen LogP contribution in [0.1, 0.15) is 36.8 Å². The third kappa shape index (κ3) is 3.56. The highest BCUT2D eigenvalue weighted by atomic mass is 15.1. The molecule has 1 atom stereocenters. The van der Waals surface area contributed by atoms with E-state index in [9.17, 15) is 0 Å². The van der Waals surface area contributed by atoms with Crippen LogP contribution in [0.4, 0.5) is 0 Å². The highest BCUT2D eigenvalue weighted by molar-refractivity contribution is 5.26. The van der Waals surface area contributed by atoms with E-state index in [1.54, 1.807) is 0 Å². The van der Waals surface area contributed by atoms with Gasteiger partial charge in [0.25, 0.3) is 0 Å². The predicted molar refractivity (Wildman–Crippen MR) is 77.8 cm³/mol. The molecule has 0 aromatic heterocycles. The molecule has 1 aliphatic heterocycles. The van der Waals surface area contributed by atoms with Crippen molar-refractivity contribution in [1.82, 2.24) is 4.90 Å². The molecular formula is C16H26N2. The van der Waals surface area contributed by atoms with Crippen LogP contribution in [0.5, 0.6) is 0 Å². The van der Waals surface area contributed by atoms with E-state index in [-0.39, 0.29) is 0 Å². The lowest BCUT2D eigenvalue weighted by molar-refractivity contribution is 0.255. The monoisotopic (exact) mass is 246 g/mol. The number of nitrogens with zero attached hydrogens (tertiary/aromatic N) is 1. The van der Waals surface area contributed by atoms with E-state index in [0.717, 1.165) is 18.9 Å². The number of hydrogen-bond donors (Lipinski definition) is 1. The van der Waals surface area contributed by atoms with E-state index >= 15 is 0 Å². The average molecular weight is 246 g/mol. The standard InChI is InChI=1S/C16H26N2/c1-13(12-17)11-14-3-5-15(6-4-14)16-7-9-18(2)10-8-16/h3-6,13,16H,7-12,17H2,1-2H3. The van der Waals surface area contributed by atoms with Gasteiger partial charge in [0.05, 0.1) is 0 Å². The smallest absolute Gasteiger partial charge is 0.00159 e. The predicted octanol–water partition coefficient (Wildman–Crippen LogP) is 2.63. The third-order valence-electron chi connectivity index (χ3n) is 4.16. The van der Waals surface area contributed by atoms with Crippen molar-refractivity contribution >= 4 is 0 Å². The summed E-state index contributed by atoms with van der Waals surface area (Å²) >= 11 is 0. The molecule has 100 valence electrons. The van der Waals surface area contributed by atoms with Gasteiger partial charge in [0.2, 0.25) is 0 Å².